The van der Waals surface area contributed by atoms with Gasteiger partial charge in [-0.1, -0.05) is 13.8 Å². The summed E-state index contributed by atoms with van der Waals surface area (Å²) in [6.07, 6.45) is -8.23. The fourth-order valence-corrected chi connectivity index (χ4v) is 4.06. The smallest absolute Gasteiger partial charge is 0.151 e. The van der Waals surface area contributed by atoms with Crippen molar-refractivity contribution in [3.8, 4) is 0 Å². The van der Waals surface area contributed by atoms with Crippen LogP contribution in [0.25, 0.3) is 0 Å². The zero-order valence-corrected chi connectivity index (χ0v) is 15.9. The van der Waals surface area contributed by atoms with Crippen LogP contribution >= 0.6 is 23.5 Å². The maximum Gasteiger partial charge on any atom is 0.151 e. The molecule has 11 heteroatoms. The largest absolute Gasteiger partial charge is 0.394 e. The van der Waals surface area contributed by atoms with Crippen LogP contribution in [0.15, 0.2) is 0 Å². The molecule has 25 heavy (non-hydrogen) atoms. The van der Waals surface area contributed by atoms with E-state index >= 15 is 0 Å². The summed E-state index contributed by atoms with van der Waals surface area (Å²) >= 11 is 3.05. The molecule has 0 aromatic carbocycles. The standard InChI is InChI=1S/C9H20O4S2.C5H10O5/c1-3-14-9(15-4-2)8(13)7(12)6(11)5-10;6-1-3(8)5(10)4(9)2-7/h6-13H,3-5H2,1-2H3;1,3-5,7-10H,2H2/t6-,7+,8+;3-,4-,5-/m11/s1. The highest BCUT2D eigenvalue weighted by Crippen LogP contribution is 2.28. The average molecular weight is 407 g/mol. The van der Waals surface area contributed by atoms with Crippen molar-refractivity contribution in [2.45, 2.75) is 55.1 Å². The number of hydrogen-bond acceptors (Lipinski definition) is 11. The van der Waals surface area contributed by atoms with Crippen LogP contribution in [0.1, 0.15) is 13.8 Å². The van der Waals surface area contributed by atoms with Gasteiger partial charge in [0, 0.05) is 0 Å². The molecule has 0 amide bonds. The summed E-state index contributed by atoms with van der Waals surface area (Å²) in [6, 6.07) is 0. The Hall–Kier alpha value is 0.0500. The van der Waals surface area contributed by atoms with Gasteiger partial charge in [0.2, 0.25) is 0 Å². The quantitative estimate of drug-likeness (QED) is 0.123. The summed E-state index contributed by atoms with van der Waals surface area (Å²) in [5.41, 5.74) is 0. The molecule has 0 rings (SSSR count). The van der Waals surface area contributed by atoms with Crippen LogP contribution < -0.4 is 0 Å². The van der Waals surface area contributed by atoms with E-state index in [1.165, 1.54) is 23.5 Å². The van der Waals surface area contributed by atoms with Crippen molar-refractivity contribution in [3.05, 3.63) is 0 Å². The van der Waals surface area contributed by atoms with Crippen LogP contribution in [0.4, 0.5) is 0 Å². The fraction of sp³-hybridized carbons (Fsp3) is 0.929. The summed E-state index contributed by atoms with van der Waals surface area (Å²) in [4.78, 5) is 9.76. The average Bonchev–Trinajstić information content (AvgIpc) is 2.64. The van der Waals surface area contributed by atoms with Gasteiger partial charge in [-0.3, -0.25) is 0 Å². The van der Waals surface area contributed by atoms with Crippen molar-refractivity contribution >= 4 is 29.8 Å². The molecule has 0 bridgehead atoms. The van der Waals surface area contributed by atoms with E-state index < -0.39 is 49.8 Å². The van der Waals surface area contributed by atoms with Crippen LogP contribution in [-0.2, 0) is 4.79 Å². The van der Waals surface area contributed by atoms with E-state index in [1.54, 1.807) is 0 Å². The zero-order valence-electron chi connectivity index (χ0n) is 14.2. The minimum Gasteiger partial charge on any atom is -0.394 e. The molecule has 0 fully saturated rings. The molecule has 9 nitrogen and oxygen atoms in total. The predicted octanol–water partition coefficient (Wildman–Crippen LogP) is -2.85. The van der Waals surface area contributed by atoms with E-state index in [0.29, 0.717) is 0 Å². The van der Waals surface area contributed by atoms with Crippen LogP contribution in [0.5, 0.6) is 0 Å². The molecule has 0 aromatic heterocycles. The van der Waals surface area contributed by atoms with E-state index in [-0.39, 0.29) is 10.9 Å². The molecule has 8 N–H and O–H groups in total. The topological polar surface area (TPSA) is 179 Å². The Morgan fingerprint density at radius 2 is 1.16 bits per heavy atom. The number of carbonyl (C=O) groups excluding carboxylic acids is 1. The van der Waals surface area contributed by atoms with Crippen molar-refractivity contribution in [2.75, 3.05) is 24.7 Å². The Kier molecular flexibility index (Phi) is 17.7. The van der Waals surface area contributed by atoms with Crippen molar-refractivity contribution in [2.24, 2.45) is 0 Å². The molecule has 152 valence electrons. The second-order valence-corrected chi connectivity index (χ2v) is 8.01. The van der Waals surface area contributed by atoms with Crippen LogP contribution in [0, 0.1) is 0 Å². The molecule has 0 aliphatic carbocycles. The van der Waals surface area contributed by atoms with Gasteiger partial charge in [-0.2, -0.15) is 0 Å². The second-order valence-electron chi connectivity index (χ2n) is 4.88. The first kappa shape index (κ1) is 27.3. The summed E-state index contributed by atoms with van der Waals surface area (Å²) in [5.74, 6) is 1.66. The lowest BCUT2D eigenvalue weighted by Gasteiger charge is -2.27. The number of aliphatic hydroxyl groups excluding tert-OH is 8. The molecular formula is C14H30O9S2. The van der Waals surface area contributed by atoms with Gasteiger partial charge in [0.1, 0.15) is 36.6 Å². The van der Waals surface area contributed by atoms with Crippen molar-refractivity contribution in [1.29, 1.82) is 0 Å². The first-order valence-corrected chi connectivity index (χ1v) is 9.79. The SMILES string of the molecule is CCSC(SCC)[C@@H](O)[C@@H](O)[C@H](O)CO.O=C[C@@H](O)[C@@H](O)[C@H](O)CO. The molecule has 0 spiro atoms. The second kappa shape index (κ2) is 16.2. The maximum atomic E-state index is 9.78. The third-order valence-electron chi connectivity index (χ3n) is 2.94. The molecule has 0 aliphatic rings. The highest BCUT2D eigenvalue weighted by atomic mass is 32.2. The van der Waals surface area contributed by atoms with Gasteiger partial charge in [-0.25, -0.2) is 0 Å². The van der Waals surface area contributed by atoms with E-state index in [1.807, 2.05) is 13.8 Å². The van der Waals surface area contributed by atoms with Gasteiger partial charge < -0.3 is 45.6 Å². The van der Waals surface area contributed by atoms with Gasteiger partial charge >= 0.3 is 0 Å². The number of thioether (sulfide) groups is 2. The van der Waals surface area contributed by atoms with Gasteiger partial charge in [0.15, 0.2) is 6.29 Å². The fourth-order valence-electron chi connectivity index (χ4n) is 1.49. The lowest BCUT2D eigenvalue weighted by atomic mass is 10.1. The summed E-state index contributed by atoms with van der Waals surface area (Å²) in [6.45, 7) is 2.70. The Balaban J connectivity index is 0. The Morgan fingerprint density at radius 1 is 0.760 bits per heavy atom. The van der Waals surface area contributed by atoms with E-state index in [0.717, 1.165) is 11.5 Å². The molecule has 0 heterocycles. The zero-order chi connectivity index (χ0) is 20.0. The van der Waals surface area contributed by atoms with E-state index in [9.17, 15) is 20.1 Å². The molecule has 0 aromatic rings. The van der Waals surface area contributed by atoms with Gasteiger partial charge in [0.25, 0.3) is 0 Å². The minimum absolute atomic E-state index is 0.0869. The maximum absolute atomic E-state index is 9.78. The first-order valence-electron chi connectivity index (χ1n) is 7.70. The van der Waals surface area contributed by atoms with E-state index in [4.69, 9.17) is 25.5 Å². The number of rotatable bonds is 12. The van der Waals surface area contributed by atoms with Gasteiger partial charge in [0.05, 0.1) is 17.8 Å². The molecule has 0 saturated heterocycles. The predicted molar refractivity (Wildman–Crippen MR) is 96.3 cm³/mol. The molecule has 0 saturated carbocycles. The highest BCUT2D eigenvalue weighted by molar-refractivity contribution is 8.17. The number of carbonyl (C=O) groups is 1. The first-order chi connectivity index (χ1) is 11.7. The third kappa shape index (κ3) is 11.4. The monoisotopic (exact) mass is 406 g/mol. The molecule has 0 unspecified atom stereocenters. The highest BCUT2D eigenvalue weighted by Gasteiger charge is 2.31. The Labute approximate surface area is 155 Å². The molecular weight excluding hydrogens is 376 g/mol. The minimum atomic E-state index is -1.64. The van der Waals surface area contributed by atoms with Crippen molar-refractivity contribution in [3.63, 3.8) is 0 Å². The number of aldehydes is 1. The normalized spacial score (nSPS) is 18.5. The lowest BCUT2D eigenvalue weighted by Crippen LogP contribution is -2.44. The molecule has 0 aliphatic heterocycles. The third-order valence-corrected chi connectivity index (χ3v) is 5.64. The van der Waals surface area contributed by atoms with Crippen molar-refractivity contribution in [1.82, 2.24) is 0 Å². The van der Waals surface area contributed by atoms with Gasteiger partial charge in [-0.15, -0.1) is 23.5 Å². The van der Waals surface area contributed by atoms with E-state index in [2.05, 4.69) is 0 Å². The Morgan fingerprint density at radius 3 is 1.48 bits per heavy atom. The number of aliphatic hydroxyl groups is 8. The lowest BCUT2D eigenvalue weighted by molar-refractivity contribution is -0.127. The molecule has 0 radical (unpaired) electrons. The summed E-state index contributed by atoms with van der Waals surface area (Å²) < 4.78 is -0.170. The summed E-state index contributed by atoms with van der Waals surface area (Å²) in [5, 5.41) is 71.2. The Bertz CT molecular complexity index is 319. The summed E-state index contributed by atoms with van der Waals surface area (Å²) in [7, 11) is 0. The van der Waals surface area contributed by atoms with Crippen LogP contribution in [0.3, 0.4) is 0 Å². The van der Waals surface area contributed by atoms with Gasteiger partial charge in [-0.05, 0) is 11.5 Å². The molecule has 6 atom stereocenters. The number of hydrogen-bond donors (Lipinski definition) is 8. The van der Waals surface area contributed by atoms with Crippen LogP contribution in [-0.4, -0.2) is 113 Å². The van der Waals surface area contributed by atoms with Crippen LogP contribution in [0.2, 0.25) is 0 Å². The van der Waals surface area contributed by atoms with Crippen molar-refractivity contribution < 1.29 is 45.6 Å².